The van der Waals surface area contributed by atoms with E-state index in [4.69, 9.17) is 10.2 Å². The van der Waals surface area contributed by atoms with Gasteiger partial charge in [0.2, 0.25) is 0 Å². The van der Waals surface area contributed by atoms with Gasteiger partial charge in [0.05, 0.1) is 22.6 Å². The second-order valence-electron chi connectivity index (χ2n) is 5.91. The molecule has 0 radical (unpaired) electrons. The van der Waals surface area contributed by atoms with Gasteiger partial charge in [0.25, 0.3) is 0 Å². The van der Waals surface area contributed by atoms with Crippen LogP contribution in [-0.4, -0.2) is 20.9 Å². The number of carboxylic acid groups (broad SMARTS) is 1. The fourth-order valence-electron chi connectivity index (χ4n) is 2.89. The average Bonchev–Trinajstić information content (AvgIpc) is 3.15. The molecule has 1 heterocycles. The molecular weight excluding hydrogens is 324 g/mol. The molecule has 0 aliphatic rings. The van der Waals surface area contributed by atoms with Crippen LogP contribution in [0.15, 0.2) is 91.0 Å². The third kappa shape index (κ3) is 3.00. The van der Waals surface area contributed by atoms with Crippen molar-refractivity contribution >= 4 is 5.97 Å². The van der Waals surface area contributed by atoms with E-state index in [1.807, 2.05) is 65.3 Å². The van der Waals surface area contributed by atoms with Gasteiger partial charge in [0.15, 0.2) is 0 Å². The first-order valence-electron chi connectivity index (χ1n) is 8.27. The number of aromatic nitrogens is 2. The summed E-state index contributed by atoms with van der Waals surface area (Å²) in [6.45, 7) is 0. The molecule has 26 heavy (non-hydrogen) atoms. The van der Waals surface area contributed by atoms with Crippen molar-refractivity contribution in [3.63, 3.8) is 0 Å². The van der Waals surface area contributed by atoms with Crippen LogP contribution in [0.1, 0.15) is 10.4 Å². The fraction of sp³-hybridized carbons (Fsp3) is 0. The Balaban J connectivity index is 1.87. The lowest BCUT2D eigenvalue weighted by Gasteiger charge is -2.08. The number of aromatic carboxylic acids is 1. The second-order valence-corrected chi connectivity index (χ2v) is 5.91. The number of benzene rings is 3. The SMILES string of the molecule is O=C(O)c1ccc(-n2nc(-c3ccccc3)cc2-c2ccccc2)cc1. The van der Waals surface area contributed by atoms with Gasteiger partial charge in [-0.1, -0.05) is 60.7 Å². The monoisotopic (exact) mass is 340 g/mol. The standard InChI is InChI=1S/C22H16N2O2/c25-22(26)18-11-13-19(14-12-18)24-21(17-9-5-2-6-10-17)15-20(23-24)16-7-3-1-4-8-16/h1-15H,(H,25,26). The van der Waals surface area contributed by atoms with Crippen LogP contribution in [0.4, 0.5) is 0 Å². The van der Waals surface area contributed by atoms with Gasteiger partial charge in [-0.15, -0.1) is 0 Å². The number of hydrogen-bond donors (Lipinski definition) is 1. The van der Waals surface area contributed by atoms with Gasteiger partial charge in [0.1, 0.15) is 0 Å². The Bertz CT molecular complexity index is 1040. The Morgan fingerprint density at radius 1 is 0.769 bits per heavy atom. The molecule has 0 saturated carbocycles. The number of rotatable bonds is 4. The molecule has 0 aliphatic heterocycles. The minimum atomic E-state index is -0.940. The molecule has 0 atom stereocenters. The zero-order chi connectivity index (χ0) is 17.9. The molecule has 4 nitrogen and oxygen atoms in total. The molecule has 0 saturated heterocycles. The van der Waals surface area contributed by atoms with Gasteiger partial charge in [-0.2, -0.15) is 5.10 Å². The molecule has 4 heteroatoms. The van der Waals surface area contributed by atoms with Gasteiger partial charge in [0, 0.05) is 11.1 Å². The molecule has 126 valence electrons. The van der Waals surface area contributed by atoms with Crippen molar-refractivity contribution < 1.29 is 9.90 Å². The molecule has 0 aliphatic carbocycles. The highest BCUT2D eigenvalue weighted by atomic mass is 16.4. The number of carbonyl (C=O) groups is 1. The summed E-state index contributed by atoms with van der Waals surface area (Å²) in [5.41, 5.74) is 4.97. The summed E-state index contributed by atoms with van der Waals surface area (Å²) in [5.74, 6) is -0.940. The maximum absolute atomic E-state index is 11.1. The van der Waals surface area contributed by atoms with Crippen LogP contribution in [0, 0.1) is 0 Å². The van der Waals surface area contributed by atoms with E-state index in [9.17, 15) is 4.79 Å². The Morgan fingerprint density at radius 2 is 1.35 bits per heavy atom. The van der Waals surface area contributed by atoms with E-state index in [-0.39, 0.29) is 5.56 Å². The number of carboxylic acids is 1. The molecule has 1 aromatic heterocycles. The van der Waals surface area contributed by atoms with Crippen LogP contribution in [-0.2, 0) is 0 Å². The highest BCUT2D eigenvalue weighted by Crippen LogP contribution is 2.28. The van der Waals surface area contributed by atoms with E-state index in [0.717, 1.165) is 28.2 Å². The summed E-state index contributed by atoms with van der Waals surface area (Å²) in [7, 11) is 0. The van der Waals surface area contributed by atoms with Crippen LogP contribution >= 0.6 is 0 Å². The molecule has 0 unspecified atom stereocenters. The molecule has 0 spiro atoms. The molecule has 4 aromatic rings. The first kappa shape index (κ1) is 15.8. The molecule has 0 bridgehead atoms. The van der Waals surface area contributed by atoms with E-state index >= 15 is 0 Å². The van der Waals surface area contributed by atoms with Crippen molar-refractivity contribution in [1.82, 2.24) is 9.78 Å². The van der Waals surface area contributed by atoms with Crippen LogP contribution in [0.5, 0.6) is 0 Å². The van der Waals surface area contributed by atoms with E-state index in [1.165, 1.54) is 0 Å². The van der Waals surface area contributed by atoms with Crippen molar-refractivity contribution in [3.05, 3.63) is 96.6 Å². The van der Waals surface area contributed by atoms with Crippen LogP contribution in [0.2, 0.25) is 0 Å². The van der Waals surface area contributed by atoms with Crippen molar-refractivity contribution in [2.24, 2.45) is 0 Å². The molecule has 1 N–H and O–H groups in total. The summed E-state index contributed by atoms with van der Waals surface area (Å²) in [5, 5.41) is 13.9. The Labute approximate surface area is 151 Å². The first-order chi connectivity index (χ1) is 12.7. The second kappa shape index (κ2) is 6.69. The molecule has 0 amide bonds. The molecule has 3 aromatic carbocycles. The van der Waals surface area contributed by atoms with Gasteiger partial charge >= 0.3 is 5.97 Å². The minimum Gasteiger partial charge on any atom is -0.478 e. The highest BCUT2D eigenvalue weighted by Gasteiger charge is 2.13. The van der Waals surface area contributed by atoms with Crippen LogP contribution < -0.4 is 0 Å². The summed E-state index contributed by atoms with van der Waals surface area (Å²) in [4.78, 5) is 11.1. The van der Waals surface area contributed by atoms with E-state index in [2.05, 4.69) is 6.07 Å². The van der Waals surface area contributed by atoms with Gasteiger partial charge < -0.3 is 5.11 Å². The topological polar surface area (TPSA) is 55.1 Å². The quantitative estimate of drug-likeness (QED) is 0.574. The fourth-order valence-corrected chi connectivity index (χ4v) is 2.89. The minimum absolute atomic E-state index is 0.255. The molecular formula is C22H16N2O2. The Hall–Kier alpha value is -3.66. The third-order valence-corrected chi connectivity index (χ3v) is 4.21. The predicted molar refractivity (Wildman–Crippen MR) is 101 cm³/mol. The lowest BCUT2D eigenvalue weighted by Crippen LogP contribution is -2.01. The zero-order valence-corrected chi connectivity index (χ0v) is 13.9. The van der Waals surface area contributed by atoms with E-state index in [0.29, 0.717) is 0 Å². The Morgan fingerprint density at radius 3 is 1.92 bits per heavy atom. The maximum Gasteiger partial charge on any atom is 0.335 e. The van der Waals surface area contributed by atoms with Crippen molar-refractivity contribution in [1.29, 1.82) is 0 Å². The largest absolute Gasteiger partial charge is 0.478 e. The highest BCUT2D eigenvalue weighted by molar-refractivity contribution is 5.87. The number of hydrogen-bond acceptors (Lipinski definition) is 2. The zero-order valence-electron chi connectivity index (χ0n) is 13.9. The molecule has 4 rings (SSSR count). The molecule has 0 fully saturated rings. The third-order valence-electron chi connectivity index (χ3n) is 4.21. The van der Waals surface area contributed by atoms with Crippen LogP contribution in [0.3, 0.4) is 0 Å². The summed E-state index contributed by atoms with van der Waals surface area (Å²) in [6.07, 6.45) is 0. The van der Waals surface area contributed by atoms with E-state index < -0.39 is 5.97 Å². The van der Waals surface area contributed by atoms with Gasteiger partial charge in [-0.25, -0.2) is 9.48 Å². The van der Waals surface area contributed by atoms with Gasteiger partial charge in [-0.05, 0) is 30.3 Å². The number of nitrogens with zero attached hydrogens (tertiary/aromatic N) is 2. The van der Waals surface area contributed by atoms with Crippen molar-refractivity contribution in [2.75, 3.05) is 0 Å². The lowest BCUT2D eigenvalue weighted by molar-refractivity contribution is 0.0697. The smallest absolute Gasteiger partial charge is 0.335 e. The van der Waals surface area contributed by atoms with Gasteiger partial charge in [-0.3, -0.25) is 0 Å². The summed E-state index contributed by atoms with van der Waals surface area (Å²) < 4.78 is 1.85. The maximum atomic E-state index is 11.1. The average molecular weight is 340 g/mol. The normalized spacial score (nSPS) is 10.6. The summed E-state index contributed by atoms with van der Waals surface area (Å²) >= 11 is 0. The Kier molecular flexibility index (Phi) is 4.07. The van der Waals surface area contributed by atoms with E-state index in [1.54, 1.807) is 24.3 Å². The predicted octanol–water partition coefficient (Wildman–Crippen LogP) is 4.90. The van der Waals surface area contributed by atoms with Crippen molar-refractivity contribution in [3.8, 4) is 28.2 Å². The lowest BCUT2D eigenvalue weighted by atomic mass is 10.1. The van der Waals surface area contributed by atoms with Crippen molar-refractivity contribution in [2.45, 2.75) is 0 Å². The first-order valence-corrected chi connectivity index (χ1v) is 8.27. The van der Waals surface area contributed by atoms with Crippen LogP contribution in [0.25, 0.3) is 28.2 Å². The summed E-state index contributed by atoms with van der Waals surface area (Å²) in [6, 6.07) is 28.8.